The molecule has 1 nitrogen and oxygen atoms in total. The molecule has 0 fully saturated rings. The molecule has 0 amide bonds. The van der Waals surface area contributed by atoms with Crippen LogP contribution in [-0.4, -0.2) is 13.7 Å². The van der Waals surface area contributed by atoms with E-state index in [1.807, 2.05) is 0 Å². The minimum Gasteiger partial charge on any atom is -1.00 e. The number of rotatable bonds is 3. The molecule has 16 heavy (non-hydrogen) atoms. The molecule has 0 saturated carbocycles. The number of methoxy groups -OCH3 is 1. The molecular weight excluding hydrogens is 322 g/mol. The van der Waals surface area contributed by atoms with Crippen molar-refractivity contribution in [2.75, 3.05) is 13.7 Å². The standard InChI is InChI=1S/C12H13O.2ClH.Zr/c1-13-9-8-11-7-6-10-4-2-3-5-12(10)11;;;/h2-7H,8-9H2,1H3;2*1H;/q;;;+2/p-2. The van der Waals surface area contributed by atoms with E-state index in [1.54, 1.807) is 31.8 Å². The Hall–Kier alpha value is 0.383. The largest absolute Gasteiger partial charge is 1.00 e. The van der Waals surface area contributed by atoms with Gasteiger partial charge in [0.1, 0.15) is 0 Å². The van der Waals surface area contributed by atoms with Gasteiger partial charge in [0.05, 0.1) is 0 Å². The SMILES string of the molecule is COCCC1=C[CH]([Zr+2])c2ccccc21.[Cl-].[Cl-]. The van der Waals surface area contributed by atoms with Gasteiger partial charge in [0.2, 0.25) is 0 Å². The van der Waals surface area contributed by atoms with Crippen LogP contribution in [0, 0.1) is 0 Å². The number of benzene rings is 1. The summed E-state index contributed by atoms with van der Waals surface area (Å²) >= 11 is 1.57. The van der Waals surface area contributed by atoms with Gasteiger partial charge in [0.25, 0.3) is 0 Å². The number of hydrogen-bond acceptors (Lipinski definition) is 1. The summed E-state index contributed by atoms with van der Waals surface area (Å²) in [6, 6.07) is 8.71. The van der Waals surface area contributed by atoms with Gasteiger partial charge in [-0.3, -0.25) is 0 Å². The van der Waals surface area contributed by atoms with E-state index in [4.69, 9.17) is 4.74 Å². The van der Waals surface area contributed by atoms with Gasteiger partial charge in [-0.1, -0.05) is 0 Å². The van der Waals surface area contributed by atoms with E-state index in [-0.39, 0.29) is 24.8 Å². The summed E-state index contributed by atoms with van der Waals surface area (Å²) in [7, 11) is 1.76. The van der Waals surface area contributed by atoms with Gasteiger partial charge >= 0.3 is 100 Å². The minimum absolute atomic E-state index is 0. The first-order chi connectivity index (χ1) is 6.83. The molecule has 1 aliphatic carbocycles. The van der Waals surface area contributed by atoms with Crippen molar-refractivity contribution < 1.29 is 54.3 Å². The number of hydrogen-bond donors (Lipinski definition) is 0. The third-order valence-corrected chi connectivity index (χ3v) is 3.76. The molecule has 0 aliphatic heterocycles. The zero-order valence-electron chi connectivity index (χ0n) is 9.04. The van der Waals surface area contributed by atoms with Gasteiger partial charge in [-0.25, -0.2) is 0 Å². The molecule has 1 aromatic rings. The predicted molar refractivity (Wildman–Crippen MR) is 53.7 cm³/mol. The molecule has 2 rings (SSSR count). The average molecular weight is 335 g/mol. The van der Waals surface area contributed by atoms with Crippen molar-refractivity contribution in [1.29, 1.82) is 0 Å². The van der Waals surface area contributed by atoms with Crippen LogP contribution in [0.3, 0.4) is 0 Å². The van der Waals surface area contributed by atoms with E-state index in [0.29, 0.717) is 3.63 Å². The first kappa shape index (κ1) is 16.4. The Morgan fingerprint density at radius 1 is 1.25 bits per heavy atom. The van der Waals surface area contributed by atoms with Crippen molar-refractivity contribution in [2.45, 2.75) is 10.0 Å². The molecule has 0 N–H and O–H groups in total. The molecule has 0 saturated heterocycles. The van der Waals surface area contributed by atoms with Crippen LogP contribution in [0.2, 0.25) is 0 Å². The van der Waals surface area contributed by atoms with Crippen LogP contribution < -0.4 is 24.8 Å². The Bertz CT molecular complexity index is 366. The molecule has 1 aliphatic rings. The Kier molecular flexibility index (Phi) is 7.84. The summed E-state index contributed by atoms with van der Waals surface area (Å²) in [5.41, 5.74) is 4.40. The van der Waals surface area contributed by atoms with Crippen molar-refractivity contribution in [3.05, 3.63) is 41.5 Å². The summed E-state index contributed by atoms with van der Waals surface area (Å²) in [5.74, 6) is 0. The van der Waals surface area contributed by atoms with Crippen LogP contribution in [0.4, 0.5) is 0 Å². The number of fused-ring (bicyclic) bond motifs is 1. The fourth-order valence-corrected chi connectivity index (χ4v) is 2.98. The third kappa shape index (κ3) is 3.44. The number of allylic oxidation sites excluding steroid dienone is 1. The second kappa shape index (κ2) is 7.66. The van der Waals surface area contributed by atoms with Crippen LogP contribution in [-0.2, 0) is 29.5 Å². The quantitative estimate of drug-likeness (QED) is 0.563. The van der Waals surface area contributed by atoms with Gasteiger partial charge in [0, 0.05) is 0 Å². The van der Waals surface area contributed by atoms with Crippen LogP contribution >= 0.6 is 0 Å². The van der Waals surface area contributed by atoms with Crippen LogP contribution in [0.1, 0.15) is 21.2 Å². The maximum Gasteiger partial charge on any atom is -1.00 e. The number of halogens is 2. The monoisotopic (exact) mass is 333 g/mol. The molecule has 1 atom stereocenters. The fourth-order valence-electron chi connectivity index (χ4n) is 1.87. The van der Waals surface area contributed by atoms with Crippen LogP contribution in [0.25, 0.3) is 5.57 Å². The summed E-state index contributed by atoms with van der Waals surface area (Å²) < 4.78 is 5.78. The molecule has 85 valence electrons. The van der Waals surface area contributed by atoms with Crippen molar-refractivity contribution in [3.8, 4) is 0 Å². The minimum atomic E-state index is 0. The first-order valence-corrected chi connectivity index (χ1v) is 6.25. The topological polar surface area (TPSA) is 9.23 Å². The van der Waals surface area contributed by atoms with Crippen LogP contribution in [0.5, 0.6) is 0 Å². The van der Waals surface area contributed by atoms with Crippen molar-refractivity contribution in [1.82, 2.24) is 0 Å². The van der Waals surface area contributed by atoms with Gasteiger partial charge in [-0.05, 0) is 0 Å². The van der Waals surface area contributed by atoms with Gasteiger partial charge in [-0.2, -0.15) is 0 Å². The van der Waals surface area contributed by atoms with Crippen molar-refractivity contribution in [3.63, 3.8) is 0 Å². The summed E-state index contributed by atoms with van der Waals surface area (Å²) in [5, 5.41) is 0. The number of ether oxygens (including phenoxy) is 1. The molecule has 0 spiro atoms. The smallest absolute Gasteiger partial charge is 1.00 e. The molecule has 0 heterocycles. The van der Waals surface area contributed by atoms with Crippen molar-refractivity contribution >= 4 is 5.57 Å². The van der Waals surface area contributed by atoms with E-state index in [9.17, 15) is 0 Å². The molecule has 0 aromatic heterocycles. The second-order valence-corrected chi connectivity index (χ2v) is 5.03. The third-order valence-electron chi connectivity index (χ3n) is 2.59. The van der Waals surface area contributed by atoms with Gasteiger partial charge in [0.15, 0.2) is 0 Å². The average Bonchev–Trinajstić information content (AvgIpc) is 2.54. The zero-order valence-corrected chi connectivity index (χ0v) is 13.0. The molecule has 0 bridgehead atoms. The van der Waals surface area contributed by atoms with E-state index < -0.39 is 0 Å². The summed E-state index contributed by atoms with van der Waals surface area (Å²) in [4.78, 5) is 0. The van der Waals surface area contributed by atoms with Gasteiger partial charge < -0.3 is 24.8 Å². The van der Waals surface area contributed by atoms with E-state index in [2.05, 4.69) is 30.3 Å². The zero-order chi connectivity index (χ0) is 9.97. The normalized spacial score (nSPS) is 16.9. The molecule has 4 heteroatoms. The Morgan fingerprint density at radius 3 is 2.62 bits per heavy atom. The van der Waals surface area contributed by atoms with E-state index >= 15 is 0 Å². The maximum absolute atomic E-state index is 5.12. The first-order valence-electron chi connectivity index (χ1n) is 4.83. The summed E-state index contributed by atoms with van der Waals surface area (Å²) in [6.07, 6.45) is 3.43. The maximum atomic E-state index is 5.12. The summed E-state index contributed by atoms with van der Waals surface area (Å²) in [6.45, 7) is 0.822. The predicted octanol–water partition coefficient (Wildman–Crippen LogP) is -3.28. The molecule has 0 radical (unpaired) electrons. The molecule has 1 aromatic carbocycles. The fraction of sp³-hybridized carbons (Fsp3) is 0.333. The van der Waals surface area contributed by atoms with Gasteiger partial charge in [-0.15, -0.1) is 0 Å². The molecular formula is C12H13Cl2OZr. The molecule has 1 unspecified atom stereocenters. The van der Waals surface area contributed by atoms with E-state index in [0.717, 1.165) is 13.0 Å². The van der Waals surface area contributed by atoms with Crippen LogP contribution in [0.15, 0.2) is 30.3 Å². The Morgan fingerprint density at radius 2 is 1.94 bits per heavy atom. The Labute approximate surface area is 124 Å². The second-order valence-electron chi connectivity index (χ2n) is 3.50. The van der Waals surface area contributed by atoms with E-state index in [1.165, 1.54) is 16.7 Å². The van der Waals surface area contributed by atoms with Crippen molar-refractivity contribution in [2.24, 2.45) is 0 Å². The Balaban J connectivity index is 0.00000112.